The number of nitrogens with one attached hydrogen (secondary N) is 1. The lowest BCUT2D eigenvalue weighted by atomic mass is 10.2. The molecule has 1 heterocycles. The molecule has 9 nitrogen and oxygen atoms in total. The molecule has 204 valence electrons. The second-order valence-electron chi connectivity index (χ2n) is 8.81. The summed E-state index contributed by atoms with van der Waals surface area (Å²) in [6.45, 7) is 4.17. The molecule has 38 heavy (non-hydrogen) atoms. The summed E-state index contributed by atoms with van der Waals surface area (Å²) in [6, 6.07) is 18.6. The van der Waals surface area contributed by atoms with Crippen LogP contribution in [0, 0.1) is 0 Å². The molecule has 0 aliphatic carbocycles. The smallest absolute Gasteiger partial charge is 0.322 e. The van der Waals surface area contributed by atoms with Gasteiger partial charge in [0.2, 0.25) is 5.91 Å². The second-order valence-corrected chi connectivity index (χ2v) is 8.81. The number of aromatic nitrogens is 1. The predicted octanol–water partition coefficient (Wildman–Crippen LogP) is 4.53. The first-order valence-corrected chi connectivity index (χ1v) is 12.7. The van der Waals surface area contributed by atoms with Crippen LogP contribution in [-0.4, -0.2) is 66.8 Å². The van der Waals surface area contributed by atoms with E-state index in [-0.39, 0.29) is 12.5 Å². The highest BCUT2D eigenvalue weighted by Gasteiger charge is 2.23. The standard InChI is InChI=1S/C29H38N4O5/c1-5-38-18-10-17-32(29(35)30-26-15-14-25(36-3)19-27(26)37-4)22-28(34)33(20-23-11-7-6-8-12-23)21-24-13-9-16-31(24)2/h6-9,11-16,19H,5,10,17-18,20-22H2,1-4H3,(H,30,35). The van der Waals surface area contributed by atoms with Gasteiger partial charge in [-0.1, -0.05) is 30.3 Å². The molecule has 0 unspecified atom stereocenters. The lowest BCUT2D eigenvalue weighted by Crippen LogP contribution is -2.45. The molecular weight excluding hydrogens is 484 g/mol. The average molecular weight is 523 g/mol. The number of hydrogen-bond acceptors (Lipinski definition) is 5. The van der Waals surface area contributed by atoms with E-state index in [1.807, 2.05) is 67.2 Å². The fraction of sp³-hybridized carbons (Fsp3) is 0.379. The molecule has 0 bridgehead atoms. The number of anilines is 1. The maximum Gasteiger partial charge on any atom is 0.322 e. The molecule has 0 radical (unpaired) electrons. The number of urea groups is 1. The minimum Gasteiger partial charge on any atom is -0.497 e. The van der Waals surface area contributed by atoms with Crippen molar-refractivity contribution < 1.29 is 23.8 Å². The number of carbonyl (C=O) groups excluding carboxylic acids is 2. The molecule has 0 spiro atoms. The Labute approximate surface area is 224 Å². The van der Waals surface area contributed by atoms with Crippen LogP contribution in [0.15, 0.2) is 66.9 Å². The van der Waals surface area contributed by atoms with Crippen LogP contribution in [0.4, 0.5) is 10.5 Å². The highest BCUT2D eigenvalue weighted by atomic mass is 16.5. The van der Waals surface area contributed by atoms with E-state index in [1.165, 1.54) is 12.0 Å². The maximum atomic E-state index is 13.7. The Morgan fingerprint density at radius 1 is 0.947 bits per heavy atom. The van der Waals surface area contributed by atoms with Crippen molar-refractivity contribution in [2.75, 3.05) is 45.8 Å². The Bertz CT molecular complexity index is 1160. The average Bonchev–Trinajstić information content (AvgIpc) is 3.34. The summed E-state index contributed by atoms with van der Waals surface area (Å²) in [5.41, 5.74) is 2.51. The molecule has 0 aliphatic heterocycles. The number of carbonyl (C=O) groups is 2. The van der Waals surface area contributed by atoms with Crippen molar-refractivity contribution in [1.29, 1.82) is 0 Å². The van der Waals surface area contributed by atoms with Crippen LogP contribution in [0.5, 0.6) is 11.5 Å². The molecule has 3 aromatic rings. The first-order valence-electron chi connectivity index (χ1n) is 12.7. The molecule has 2 aromatic carbocycles. The van der Waals surface area contributed by atoms with Crippen molar-refractivity contribution in [1.82, 2.24) is 14.4 Å². The van der Waals surface area contributed by atoms with Gasteiger partial charge in [0.05, 0.1) is 26.5 Å². The summed E-state index contributed by atoms with van der Waals surface area (Å²) < 4.78 is 18.1. The van der Waals surface area contributed by atoms with Crippen LogP contribution in [0.3, 0.4) is 0 Å². The Morgan fingerprint density at radius 2 is 1.74 bits per heavy atom. The van der Waals surface area contributed by atoms with E-state index in [0.717, 1.165) is 11.3 Å². The number of ether oxygens (including phenoxy) is 3. The van der Waals surface area contributed by atoms with Crippen LogP contribution in [0.1, 0.15) is 24.6 Å². The lowest BCUT2D eigenvalue weighted by molar-refractivity contribution is -0.133. The van der Waals surface area contributed by atoms with Gasteiger partial charge in [-0.15, -0.1) is 0 Å². The van der Waals surface area contributed by atoms with Gasteiger partial charge in [-0.3, -0.25) is 4.79 Å². The highest BCUT2D eigenvalue weighted by molar-refractivity contribution is 5.93. The zero-order valence-corrected chi connectivity index (χ0v) is 22.7. The molecule has 0 saturated carbocycles. The number of benzene rings is 2. The Morgan fingerprint density at radius 3 is 2.39 bits per heavy atom. The van der Waals surface area contributed by atoms with Crippen LogP contribution in [-0.2, 0) is 29.7 Å². The van der Waals surface area contributed by atoms with Gasteiger partial charge >= 0.3 is 6.03 Å². The summed E-state index contributed by atoms with van der Waals surface area (Å²) in [7, 11) is 5.05. The van der Waals surface area contributed by atoms with Gasteiger partial charge < -0.3 is 33.9 Å². The van der Waals surface area contributed by atoms with Crippen molar-refractivity contribution in [2.45, 2.75) is 26.4 Å². The molecule has 0 atom stereocenters. The SMILES string of the molecule is CCOCCCN(CC(=O)N(Cc1ccccc1)Cc1cccn1C)C(=O)Nc1ccc(OC)cc1OC. The summed E-state index contributed by atoms with van der Waals surface area (Å²) >= 11 is 0. The van der Waals surface area contributed by atoms with Gasteiger partial charge in [0.25, 0.3) is 0 Å². The van der Waals surface area contributed by atoms with E-state index in [1.54, 1.807) is 30.2 Å². The van der Waals surface area contributed by atoms with Crippen LogP contribution in [0.2, 0.25) is 0 Å². The Kier molecular flexibility index (Phi) is 11.0. The third-order valence-electron chi connectivity index (χ3n) is 6.16. The van der Waals surface area contributed by atoms with Gasteiger partial charge in [0.15, 0.2) is 0 Å². The van der Waals surface area contributed by atoms with Crippen LogP contribution in [0.25, 0.3) is 0 Å². The number of aryl methyl sites for hydroxylation is 1. The minimum atomic E-state index is -0.392. The Hall–Kier alpha value is -3.98. The van der Waals surface area contributed by atoms with E-state index in [9.17, 15) is 9.59 Å². The van der Waals surface area contributed by atoms with E-state index < -0.39 is 6.03 Å². The normalized spacial score (nSPS) is 10.6. The minimum absolute atomic E-state index is 0.0757. The fourth-order valence-electron chi connectivity index (χ4n) is 4.01. The topological polar surface area (TPSA) is 85.3 Å². The number of hydrogen-bond donors (Lipinski definition) is 1. The number of amides is 3. The zero-order valence-electron chi connectivity index (χ0n) is 22.7. The van der Waals surface area contributed by atoms with Crippen LogP contribution >= 0.6 is 0 Å². The molecule has 1 N–H and O–H groups in total. The first kappa shape index (κ1) is 28.6. The van der Waals surface area contributed by atoms with Crippen molar-refractivity contribution in [3.8, 4) is 11.5 Å². The van der Waals surface area contributed by atoms with Gasteiger partial charge in [0.1, 0.15) is 18.0 Å². The third-order valence-corrected chi connectivity index (χ3v) is 6.16. The van der Waals surface area contributed by atoms with E-state index in [0.29, 0.717) is 56.5 Å². The van der Waals surface area contributed by atoms with E-state index >= 15 is 0 Å². The predicted molar refractivity (Wildman–Crippen MR) is 147 cm³/mol. The van der Waals surface area contributed by atoms with Crippen molar-refractivity contribution >= 4 is 17.6 Å². The van der Waals surface area contributed by atoms with Gasteiger partial charge in [-0.25, -0.2) is 4.79 Å². The van der Waals surface area contributed by atoms with Crippen molar-refractivity contribution in [3.05, 3.63) is 78.1 Å². The summed E-state index contributed by atoms with van der Waals surface area (Å²) in [6.07, 6.45) is 2.56. The summed E-state index contributed by atoms with van der Waals surface area (Å²) in [5, 5.41) is 2.89. The molecule has 0 aliphatic rings. The van der Waals surface area contributed by atoms with Gasteiger partial charge in [0, 0.05) is 51.3 Å². The highest BCUT2D eigenvalue weighted by Crippen LogP contribution is 2.29. The van der Waals surface area contributed by atoms with Crippen molar-refractivity contribution in [2.24, 2.45) is 7.05 Å². The van der Waals surface area contributed by atoms with Crippen molar-refractivity contribution in [3.63, 3.8) is 0 Å². The molecule has 3 rings (SSSR count). The summed E-state index contributed by atoms with van der Waals surface area (Å²) in [4.78, 5) is 30.4. The monoisotopic (exact) mass is 522 g/mol. The second kappa shape index (κ2) is 14.7. The molecule has 9 heteroatoms. The van der Waals surface area contributed by atoms with Crippen LogP contribution < -0.4 is 14.8 Å². The molecule has 1 aromatic heterocycles. The number of nitrogens with zero attached hydrogens (tertiary/aromatic N) is 3. The van der Waals surface area contributed by atoms with Gasteiger partial charge in [-0.05, 0) is 43.2 Å². The number of rotatable bonds is 14. The van der Waals surface area contributed by atoms with E-state index in [4.69, 9.17) is 14.2 Å². The Balaban J connectivity index is 1.79. The largest absolute Gasteiger partial charge is 0.497 e. The zero-order chi connectivity index (χ0) is 27.3. The van der Waals surface area contributed by atoms with E-state index in [2.05, 4.69) is 5.32 Å². The maximum absolute atomic E-state index is 13.7. The fourth-order valence-corrected chi connectivity index (χ4v) is 4.01. The number of methoxy groups -OCH3 is 2. The molecule has 0 saturated heterocycles. The lowest BCUT2D eigenvalue weighted by Gasteiger charge is -2.28. The molecular formula is C29H38N4O5. The summed E-state index contributed by atoms with van der Waals surface area (Å²) in [5.74, 6) is 0.928. The first-order chi connectivity index (χ1) is 18.4. The molecule has 0 fully saturated rings. The quantitative estimate of drug-likeness (QED) is 0.315. The third kappa shape index (κ3) is 8.27. The van der Waals surface area contributed by atoms with Gasteiger partial charge in [-0.2, -0.15) is 0 Å². The molecule has 3 amide bonds.